The van der Waals surface area contributed by atoms with Crippen molar-refractivity contribution in [1.82, 2.24) is 4.98 Å². The van der Waals surface area contributed by atoms with Gasteiger partial charge in [0, 0.05) is 12.1 Å². The number of phenolic OH excluding ortho intramolecular Hbond substituents is 1. The van der Waals surface area contributed by atoms with Crippen LogP contribution in [0.1, 0.15) is 37.4 Å². The number of pyridine rings is 1. The summed E-state index contributed by atoms with van der Waals surface area (Å²) in [6.07, 6.45) is 5.61. The molecular formula is C32H29ClN2O4. The fourth-order valence-corrected chi connectivity index (χ4v) is 6.62. The van der Waals surface area contributed by atoms with E-state index < -0.39 is 0 Å². The molecule has 1 N–H and O–H groups in total. The molecule has 4 atom stereocenters. The third-order valence-electron chi connectivity index (χ3n) is 8.15. The van der Waals surface area contributed by atoms with E-state index in [1.807, 2.05) is 54.6 Å². The van der Waals surface area contributed by atoms with Gasteiger partial charge in [0.1, 0.15) is 5.75 Å². The lowest BCUT2D eigenvalue weighted by Crippen LogP contribution is -2.34. The SMILES string of the molecule is CC1=C2[C@@H](CC/C(=C/c3ccc(O)cc3Cl)c3ccccn3)OC[C@@H]2[C@@H]2C(=O)N(c3ccccc3)C(=O)[C@@H]2C1. The summed E-state index contributed by atoms with van der Waals surface area (Å²) >= 11 is 6.41. The maximum Gasteiger partial charge on any atom is 0.238 e. The topological polar surface area (TPSA) is 79.7 Å². The predicted octanol–water partition coefficient (Wildman–Crippen LogP) is 6.30. The summed E-state index contributed by atoms with van der Waals surface area (Å²) in [5.41, 5.74) is 5.62. The molecule has 7 heteroatoms. The average molecular weight is 541 g/mol. The highest BCUT2D eigenvalue weighted by atomic mass is 35.5. The number of carbonyl (C=O) groups excluding carboxylic acids is 2. The number of benzene rings is 2. The number of anilines is 1. The van der Waals surface area contributed by atoms with Crippen LogP contribution in [-0.4, -0.2) is 34.6 Å². The van der Waals surface area contributed by atoms with Crippen LogP contribution in [0.25, 0.3) is 11.6 Å². The fourth-order valence-electron chi connectivity index (χ4n) is 6.39. The highest BCUT2D eigenvalue weighted by molar-refractivity contribution is 6.32. The van der Waals surface area contributed by atoms with Crippen molar-refractivity contribution in [3.8, 4) is 5.75 Å². The van der Waals surface area contributed by atoms with Crippen LogP contribution in [-0.2, 0) is 14.3 Å². The van der Waals surface area contributed by atoms with Crippen molar-refractivity contribution in [2.45, 2.75) is 32.3 Å². The Morgan fingerprint density at radius 1 is 1.08 bits per heavy atom. The lowest BCUT2D eigenvalue weighted by molar-refractivity contribution is -0.122. The van der Waals surface area contributed by atoms with Gasteiger partial charge in [0.15, 0.2) is 0 Å². The number of allylic oxidation sites excluding steroid dienone is 2. The van der Waals surface area contributed by atoms with E-state index in [9.17, 15) is 14.7 Å². The number of aromatic hydroxyl groups is 1. The molecule has 3 aliphatic rings. The number of para-hydroxylation sites is 1. The van der Waals surface area contributed by atoms with Gasteiger partial charge in [0.25, 0.3) is 0 Å². The number of rotatable bonds is 6. The Morgan fingerprint density at radius 3 is 2.62 bits per heavy atom. The van der Waals surface area contributed by atoms with Crippen LogP contribution in [0.5, 0.6) is 5.75 Å². The number of hydrogen-bond donors (Lipinski definition) is 1. The zero-order valence-electron chi connectivity index (χ0n) is 21.6. The standard InChI is InChI=1S/C32H29ClN2O4/c1-19-15-24-30(32(38)35(31(24)37)22-7-3-2-4-8-22)25-18-39-28(29(19)25)13-11-21(27-9-5-6-14-34-27)16-20-10-12-23(36)17-26(20)33/h2-10,12,14,16-17,24-25,28,30,36H,11,13,15,18H2,1H3/b21-16-/t24-,25+,28-,30-/m1/s1. The molecule has 0 radical (unpaired) electrons. The minimum atomic E-state index is -0.386. The van der Waals surface area contributed by atoms with Crippen molar-refractivity contribution in [3.05, 3.63) is 100 Å². The zero-order chi connectivity index (χ0) is 27.1. The number of fused-ring (bicyclic) bond motifs is 3. The predicted molar refractivity (Wildman–Crippen MR) is 151 cm³/mol. The molecule has 2 fully saturated rings. The number of ether oxygens (including phenoxy) is 1. The summed E-state index contributed by atoms with van der Waals surface area (Å²) in [5, 5.41) is 10.2. The van der Waals surface area contributed by atoms with Crippen LogP contribution in [0.3, 0.4) is 0 Å². The number of amides is 2. The van der Waals surface area contributed by atoms with E-state index in [4.69, 9.17) is 16.3 Å². The molecule has 6 nitrogen and oxygen atoms in total. The molecule has 0 spiro atoms. The van der Waals surface area contributed by atoms with Crippen LogP contribution >= 0.6 is 11.6 Å². The molecule has 2 saturated heterocycles. The van der Waals surface area contributed by atoms with Gasteiger partial charge in [-0.25, -0.2) is 0 Å². The number of carbonyl (C=O) groups is 2. The van der Waals surface area contributed by atoms with E-state index in [0.29, 0.717) is 36.6 Å². The first kappa shape index (κ1) is 25.5. The second-order valence-corrected chi connectivity index (χ2v) is 10.9. The summed E-state index contributed by atoms with van der Waals surface area (Å²) in [5.74, 6) is -0.924. The van der Waals surface area contributed by atoms with Crippen molar-refractivity contribution in [1.29, 1.82) is 0 Å². The molecule has 1 aliphatic carbocycles. The molecule has 0 bridgehead atoms. The summed E-state index contributed by atoms with van der Waals surface area (Å²) < 4.78 is 6.33. The molecule has 3 heterocycles. The normalized spacial score (nSPS) is 24.8. The van der Waals surface area contributed by atoms with Crippen LogP contribution in [0.2, 0.25) is 5.02 Å². The second-order valence-electron chi connectivity index (χ2n) is 10.5. The highest BCUT2D eigenvalue weighted by Gasteiger charge is 2.56. The Balaban J connectivity index is 1.25. The fraction of sp³-hybridized carbons (Fsp3) is 0.281. The monoisotopic (exact) mass is 540 g/mol. The molecule has 6 rings (SSSR count). The molecule has 0 unspecified atom stereocenters. The van der Waals surface area contributed by atoms with Crippen LogP contribution < -0.4 is 4.90 Å². The molecule has 2 amide bonds. The lowest BCUT2D eigenvalue weighted by atomic mass is 9.70. The lowest BCUT2D eigenvalue weighted by Gasteiger charge is -2.30. The van der Waals surface area contributed by atoms with Gasteiger partial charge in [-0.05, 0) is 91.4 Å². The summed E-state index contributed by atoms with van der Waals surface area (Å²) in [4.78, 5) is 32.9. The Kier molecular flexibility index (Phi) is 6.83. The van der Waals surface area contributed by atoms with Crippen LogP contribution in [0.4, 0.5) is 5.69 Å². The van der Waals surface area contributed by atoms with Gasteiger partial charge in [-0.15, -0.1) is 0 Å². The number of imide groups is 1. The third kappa shape index (κ3) is 4.68. The van der Waals surface area contributed by atoms with Crippen LogP contribution in [0, 0.1) is 17.8 Å². The first-order valence-corrected chi connectivity index (χ1v) is 13.6. The van der Waals surface area contributed by atoms with Crippen molar-refractivity contribution in [2.24, 2.45) is 17.8 Å². The molecule has 2 aliphatic heterocycles. The molecule has 2 aromatic carbocycles. The molecule has 1 aromatic heterocycles. The summed E-state index contributed by atoms with van der Waals surface area (Å²) in [6, 6.07) is 19.9. The van der Waals surface area contributed by atoms with E-state index in [1.54, 1.807) is 18.3 Å². The zero-order valence-corrected chi connectivity index (χ0v) is 22.3. The first-order chi connectivity index (χ1) is 18.9. The van der Waals surface area contributed by atoms with E-state index in [1.165, 1.54) is 16.5 Å². The number of halogens is 1. The van der Waals surface area contributed by atoms with Gasteiger partial charge in [-0.1, -0.05) is 41.4 Å². The Morgan fingerprint density at radius 2 is 1.87 bits per heavy atom. The van der Waals surface area contributed by atoms with Gasteiger partial charge in [0.2, 0.25) is 11.8 Å². The Labute approximate surface area is 232 Å². The molecular weight excluding hydrogens is 512 g/mol. The summed E-state index contributed by atoms with van der Waals surface area (Å²) in [6.45, 7) is 2.52. The van der Waals surface area contributed by atoms with Crippen molar-refractivity contribution >= 4 is 40.8 Å². The van der Waals surface area contributed by atoms with E-state index in [2.05, 4.69) is 11.9 Å². The molecule has 198 valence electrons. The number of aromatic nitrogens is 1. The average Bonchev–Trinajstić information content (AvgIpc) is 3.47. The van der Waals surface area contributed by atoms with Crippen LogP contribution in [0.15, 0.2) is 84.1 Å². The smallest absolute Gasteiger partial charge is 0.238 e. The molecule has 0 saturated carbocycles. The first-order valence-electron chi connectivity index (χ1n) is 13.3. The maximum atomic E-state index is 13.6. The maximum absolute atomic E-state index is 13.6. The van der Waals surface area contributed by atoms with E-state index in [-0.39, 0.29) is 41.4 Å². The Hall–Kier alpha value is -3.74. The molecule has 39 heavy (non-hydrogen) atoms. The van der Waals surface area contributed by atoms with E-state index in [0.717, 1.165) is 22.4 Å². The van der Waals surface area contributed by atoms with Gasteiger partial charge in [-0.2, -0.15) is 0 Å². The minimum Gasteiger partial charge on any atom is -0.508 e. The third-order valence-corrected chi connectivity index (χ3v) is 8.48. The minimum absolute atomic E-state index is 0.0901. The second kappa shape index (κ2) is 10.4. The van der Waals surface area contributed by atoms with Crippen molar-refractivity contribution < 1.29 is 19.4 Å². The highest BCUT2D eigenvalue weighted by Crippen LogP contribution is 2.50. The Bertz CT molecular complexity index is 1480. The summed E-state index contributed by atoms with van der Waals surface area (Å²) in [7, 11) is 0. The quantitative estimate of drug-likeness (QED) is 0.293. The van der Waals surface area contributed by atoms with Gasteiger partial charge < -0.3 is 9.84 Å². The van der Waals surface area contributed by atoms with E-state index >= 15 is 0 Å². The van der Waals surface area contributed by atoms with Gasteiger partial charge >= 0.3 is 0 Å². The number of nitrogens with zero attached hydrogens (tertiary/aromatic N) is 2. The van der Waals surface area contributed by atoms with Crippen molar-refractivity contribution in [3.63, 3.8) is 0 Å². The van der Waals surface area contributed by atoms with Gasteiger partial charge in [0.05, 0.1) is 41.0 Å². The van der Waals surface area contributed by atoms with Gasteiger partial charge in [-0.3, -0.25) is 19.5 Å². The number of hydrogen-bond acceptors (Lipinski definition) is 5. The molecule has 3 aromatic rings. The number of phenols is 1. The largest absolute Gasteiger partial charge is 0.508 e. The van der Waals surface area contributed by atoms with Crippen molar-refractivity contribution in [2.75, 3.05) is 11.5 Å².